The van der Waals surface area contributed by atoms with E-state index < -0.39 is 0 Å². The number of amides is 1. The molecule has 0 bridgehead atoms. The molecule has 70 valence electrons. The Bertz CT molecular complexity index is 323. The van der Waals surface area contributed by atoms with Gasteiger partial charge in [-0.1, -0.05) is 0 Å². The summed E-state index contributed by atoms with van der Waals surface area (Å²) in [7, 11) is 1.52. The molecule has 0 spiro atoms. The summed E-state index contributed by atoms with van der Waals surface area (Å²) in [6.45, 7) is 3.35. The number of aryl methyl sites for hydroxylation is 1. The third-order valence-electron chi connectivity index (χ3n) is 1.49. The smallest absolute Gasteiger partial charge is 0.237 e. The lowest BCUT2D eigenvalue weighted by molar-refractivity contribution is -0.114. The highest BCUT2D eigenvalue weighted by molar-refractivity contribution is 5.90. The number of rotatable bonds is 2. The number of carbonyl (C=O) groups is 1. The molecule has 0 aliphatic rings. The number of nitrogens with zero attached hydrogens (tertiary/aromatic N) is 1. The Hall–Kier alpha value is -1.58. The Labute approximate surface area is 76.9 Å². The Morgan fingerprint density at radius 2 is 2.31 bits per heavy atom. The van der Waals surface area contributed by atoms with Gasteiger partial charge in [-0.25, -0.2) is 4.98 Å². The van der Waals surface area contributed by atoms with Crippen molar-refractivity contribution in [1.82, 2.24) is 4.98 Å². The molecular weight excluding hydrogens is 168 g/mol. The van der Waals surface area contributed by atoms with Gasteiger partial charge < -0.3 is 10.1 Å². The molecule has 0 radical (unpaired) electrons. The van der Waals surface area contributed by atoms with Crippen LogP contribution in [0.4, 0.5) is 5.69 Å². The summed E-state index contributed by atoms with van der Waals surface area (Å²) in [5.74, 6) is 0.298. The van der Waals surface area contributed by atoms with E-state index in [-0.39, 0.29) is 5.91 Å². The summed E-state index contributed by atoms with van der Waals surface area (Å²) < 4.78 is 4.98. The van der Waals surface area contributed by atoms with E-state index in [0.717, 1.165) is 5.56 Å². The van der Waals surface area contributed by atoms with Crippen LogP contribution in [-0.2, 0) is 4.79 Å². The first kappa shape index (κ1) is 9.51. The molecule has 0 fully saturated rings. The molecule has 0 aliphatic heterocycles. The number of methoxy groups -OCH3 is 1. The standard InChI is InChI=1S/C9H12N2O2/c1-6-4-8(11-7(2)12)9(13-3)10-5-6/h4-5H,1-3H3,(H,11,12). The summed E-state index contributed by atoms with van der Waals surface area (Å²) in [5, 5.41) is 2.64. The largest absolute Gasteiger partial charge is 0.480 e. The quantitative estimate of drug-likeness (QED) is 0.747. The minimum atomic E-state index is -0.134. The summed E-state index contributed by atoms with van der Waals surface area (Å²) >= 11 is 0. The number of aromatic nitrogens is 1. The maximum absolute atomic E-state index is 10.8. The third kappa shape index (κ3) is 2.43. The molecule has 1 rings (SSSR count). The van der Waals surface area contributed by atoms with Gasteiger partial charge in [0.2, 0.25) is 11.8 Å². The van der Waals surface area contributed by atoms with Gasteiger partial charge in [0.1, 0.15) is 5.69 Å². The second kappa shape index (κ2) is 3.89. The third-order valence-corrected chi connectivity index (χ3v) is 1.49. The van der Waals surface area contributed by atoms with Gasteiger partial charge in [-0.05, 0) is 18.6 Å². The number of hydrogen-bond donors (Lipinski definition) is 1. The monoisotopic (exact) mass is 180 g/mol. The van der Waals surface area contributed by atoms with Crippen LogP contribution in [0, 0.1) is 6.92 Å². The van der Waals surface area contributed by atoms with Crippen LogP contribution < -0.4 is 10.1 Å². The van der Waals surface area contributed by atoms with Crippen LogP contribution in [0.2, 0.25) is 0 Å². The zero-order chi connectivity index (χ0) is 9.84. The fourth-order valence-corrected chi connectivity index (χ4v) is 0.999. The van der Waals surface area contributed by atoms with Gasteiger partial charge in [0, 0.05) is 13.1 Å². The summed E-state index contributed by atoms with van der Waals surface area (Å²) in [5.41, 5.74) is 1.58. The number of ether oxygens (including phenoxy) is 1. The molecule has 0 unspecified atom stereocenters. The Kier molecular flexibility index (Phi) is 2.84. The molecule has 0 saturated carbocycles. The molecule has 13 heavy (non-hydrogen) atoms. The van der Waals surface area contributed by atoms with Crippen LogP contribution in [0.3, 0.4) is 0 Å². The Morgan fingerprint density at radius 1 is 1.62 bits per heavy atom. The van der Waals surface area contributed by atoms with E-state index in [1.807, 2.05) is 13.0 Å². The van der Waals surface area contributed by atoms with Crippen molar-refractivity contribution in [1.29, 1.82) is 0 Å². The van der Waals surface area contributed by atoms with Crippen molar-refractivity contribution in [3.63, 3.8) is 0 Å². The zero-order valence-corrected chi connectivity index (χ0v) is 7.92. The molecule has 1 aromatic rings. The van der Waals surface area contributed by atoms with Crippen molar-refractivity contribution < 1.29 is 9.53 Å². The SMILES string of the molecule is COc1ncc(C)cc1NC(C)=O. The molecule has 4 nitrogen and oxygen atoms in total. The zero-order valence-electron chi connectivity index (χ0n) is 7.92. The van der Waals surface area contributed by atoms with E-state index in [4.69, 9.17) is 4.74 Å². The minimum Gasteiger partial charge on any atom is -0.480 e. The van der Waals surface area contributed by atoms with Crippen molar-refractivity contribution >= 4 is 11.6 Å². The highest BCUT2D eigenvalue weighted by Gasteiger charge is 2.05. The fourth-order valence-electron chi connectivity index (χ4n) is 0.999. The average molecular weight is 180 g/mol. The van der Waals surface area contributed by atoms with Crippen molar-refractivity contribution in [2.45, 2.75) is 13.8 Å². The van der Waals surface area contributed by atoms with Gasteiger partial charge in [-0.3, -0.25) is 4.79 Å². The van der Waals surface area contributed by atoms with Gasteiger partial charge in [0.05, 0.1) is 7.11 Å². The number of pyridine rings is 1. The molecule has 0 saturated heterocycles. The molecule has 0 aliphatic carbocycles. The lowest BCUT2D eigenvalue weighted by atomic mass is 10.3. The Balaban J connectivity index is 3.01. The van der Waals surface area contributed by atoms with Gasteiger partial charge in [-0.15, -0.1) is 0 Å². The predicted octanol–water partition coefficient (Wildman–Crippen LogP) is 1.36. The first-order chi connectivity index (χ1) is 6.13. The fraction of sp³-hybridized carbons (Fsp3) is 0.333. The van der Waals surface area contributed by atoms with E-state index in [0.29, 0.717) is 11.6 Å². The van der Waals surface area contributed by atoms with Crippen molar-refractivity contribution in [3.8, 4) is 5.88 Å². The molecule has 1 aromatic heterocycles. The first-order valence-corrected chi connectivity index (χ1v) is 3.91. The van der Waals surface area contributed by atoms with E-state index >= 15 is 0 Å². The van der Waals surface area contributed by atoms with E-state index in [2.05, 4.69) is 10.3 Å². The van der Waals surface area contributed by atoms with Crippen LogP contribution in [0.15, 0.2) is 12.3 Å². The molecule has 1 N–H and O–H groups in total. The Morgan fingerprint density at radius 3 is 2.85 bits per heavy atom. The summed E-state index contributed by atoms with van der Waals surface area (Å²) in [6, 6.07) is 1.81. The number of nitrogens with one attached hydrogen (secondary N) is 1. The normalized spacial score (nSPS) is 9.46. The molecule has 0 aromatic carbocycles. The van der Waals surface area contributed by atoms with E-state index in [9.17, 15) is 4.79 Å². The van der Waals surface area contributed by atoms with Gasteiger partial charge in [-0.2, -0.15) is 0 Å². The van der Waals surface area contributed by atoms with Crippen LogP contribution in [0.25, 0.3) is 0 Å². The van der Waals surface area contributed by atoms with E-state index in [1.165, 1.54) is 14.0 Å². The van der Waals surface area contributed by atoms with Crippen LogP contribution >= 0.6 is 0 Å². The van der Waals surface area contributed by atoms with Crippen LogP contribution in [0.5, 0.6) is 5.88 Å². The summed E-state index contributed by atoms with van der Waals surface area (Å²) in [4.78, 5) is 14.8. The lowest BCUT2D eigenvalue weighted by Gasteiger charge is -2.07. The first-order valence-electron chi connectivity index (χ1n) is 3.91. The second-order valence-corrected chi connectivity index (χ2v) is 2.75. The number of carbonyl (C=O) groups excluding carboxylic acids is 1. The van der Waals surface area contributed by atoms with Crippen LogP contribution in [0.1, 0.15) is 12.5 Å². The van der Waals surface area contributed by atoms with Gasteiger partial charge in [0.25, 0.3) is 0 Å². The molecule has 1 heterocycles. The molecule has 0 atom stereocenters. The number of hydrogen-bond acceptors (Lipinski definition) is 3. The maximum atomic E-state index is 10.8. The number of anilines is 1. The minimum absolute atomic E-state index is 0.134. The van der Waals surface area contributed by atoms with Gasteiger partial charge in [0.15, 0.2) is 0 Å². The molecular formula is C9H12N2O2. The average Bonchev–Trinajstić information content (AvgIpc) is 2.03. The van der Waals surface area contributed by atoms with Crippen LogP contribution in [-0.4, -0.2) is 18.0 Å². The molecule has 1 amide bonds. The van der Waals surface area contributed by atoms with Crippen molar-refractivity contribution in [2.24, 2.45) is 0 Å². The lowest BCUT2D eigenvalue weighted by Crippen LogP contribution is -2.08. The highest BCUT2D eigenvalue weighted by atomic mass is 16.5. The maximum Gasteiger partial charge on any atom is 0.237 e. The summed E-state index contributed by atoms with van der Waals surface area (Å²) in [6.07, 6.45) is 1.68. The highest BCUT2D eigenvalue weighted by Crippen LogP contribution is 2.21. The van der Waals surface area contributed by atoms with Gasteiger partial charge >= 0.3 is 0 Å². The predicted molar refractivity (Wildman–Crippen MR) is 49.8 cm³/mol. The van der Waals surface area contributed by atoms with Crippen molar-refractivity contribution in [3.05, 3.63) is 17.8 Å². The van der Waals surface area contributed by atoms with E-state index in [1.54, 1.807) is 6.20 Å². The topological polar surface area (TPSA) is 51.2 Å². The van der Waals surface area contributed by atoms with Crippen molar-refractivity contribution in [2.75, 3.05) is 12.4 Å². The molecule has 4 heteroatoms. The second-order valence-electron chi connectivity index (χ2n) is 2.75.